The Morgan fingerprint density at radius 1 is 1.43 bits per heavy atom. The number of nitrogens with one attached hydrogen (secondary N) is 1. The molecule has 8 nitrogen and oxygen atoms in total. The number of anilines is 1. The smallest absolute Gasteiger partial charge is 0.284 e. The third-order valence-corrected chi connectivity index (χ3v) is 3.32. The summed E-state index contributed by atoms with van der Waals surface area (Å²) in [5, 5.41) is 23.6. The largest absolute Gasteiger partial charge is 0.467 e. The molecule has 8 heteroatoms. The molecule has 4 N–H and O–H groups in total. The number of aliphatic hydroxyl groups excluding tert-OH is 1. The van der Waals surface area contributed by atoms with Gasteiger partial charge in [-0.25, -0.2) is 0 Å². The molecule has 122 valence electrons. The first-order valence-corrected chi connectivity index (χ1v) is 6.95. The van der Waals surface area contributed by atoms with Crippen LogP contribution in [0, 0.1) is 10.1 Å². The molecule has 23 heavy (non-hydrogen) atoms. The lowest BCUT2D eigenvalue weighted by Gasteiger charge is -2.17. The normalized spacial score (nSPS) is 13.3. The van der Waals surface area contributed by atoms with E-state index in [1.165, 1.54) is 24.5 Å². The number of benzene rings is 1. The van der Waals surface area contributed by atoms with Gasteiger partial charge in [0.1, 0.15) is 17.4 Å². The maximum Gasteiger partial charge on any atom is 0.284 e. The fraction of sp³-hybridized carbons (Fsp3) is 0.267. The molecule has 0 bridgehead atoms. The minimum atomic E-state index is -0.886. The topological polar surface area (TPSA) is 132 Å². The van der Waals surface area contributed by atoms with Crippen LogP contribution in [-0.4, -0.2) is 22.0 Å². The van der Waals surface area contributed by atoms with Crippen LogP contribution in [0.4, 0.5) is 11.4 Å². The standard InChI is InChI=1S/C15H17N3O5/c1-9(8-12(19)13-6-3-7-23-13)17-15(20)14-10(16)4-2-5-11(14)18(21)22/h2-7,9,12,19H,8,16H2,1H3,(H,17,20). The summed E-state index contributed by atoms with van der Waals surface area (Å²) in [5.74, 6) is -0.273. The number of rotatable bonds is 6. The van der Waals surface area contributed by atoms with E-state index >= 15 is 0 Å². The van der Waals surface area contributed by atoms with E-state index in [2.05, 4.69) is 5.32 Å². The molecule has 1 aromatic heterocycles. The van der Waals surface area contributed by atoms with E-state index in [4.69, 9.17) is 10.2 Å². The lowest BCUT2D eigenvalue weighted by Crippen LogP contribution is -2.34. The van der Waals surface area contributed by atoms with Crippen molar-refractivity contribution in [3.63, 3.8) is 0 Å². The highest BCUT2D eigenvalue weighted by Gasteiger charge is 2.25. The Morgan fingerprint density at radius 3 is 2.78 bits per heavy atom. The fourth-order valence-electron chi connectivity index (χ4n) is 2.24. The van der Waals surface area contributed by atoms with Crippen molar-refractivity contribution in [3.8, 4) is 0 Å². The van der Waals surface area contributed by atoms with Gasteiger partial charge in [-0.3, -0.25) is 14.9 Å². The first-order valence-electron chi connectivity index (χ1n) is 6.95. The summed E-state index contributed by atoms with van der Waals surface area (Å²) >= 11 is 0. The predicted octanol–water partition coefficient (Wildman–Crippen LogP) is 2.01. The molecule has 0 spiro atoms. The molecule has 1 heterocycles. The first kappa shape index (κ1) is 16.5. The number of carbonyl (C=O) groups excluding carboxylic acids is 1. The number of hydrogen-bond donors (Lipinski definition) is 3. The highest BCUT2D eigenvalue weighted by Crippen LogP contribution is 2.25. The van der Waals surface area contributed by atoms with Gasteiger partial charge in [-0.05, 0) is 25.1 Å². The summed E-state index contributed by atoms with van der Waals surface area (Å²) in [6.07, 6.45) is 0.749. The van der Waals surface area contributed by atoms with Crippen molar-refractivity contribution >= 4 is 17.3 Å². The zero-order chi connectivity index (χ0) is 17.0. The zero-order valence-electron chi connectivity index (χ0n) is 12.4. The van der Waals surface area contributed by atoms with Gasteiger partial charge in [0.2, 0.25) is 0 Å². The summed E-state index contributed by atoms with van der Waals surface area (Å²) in [7, 11) is 0. The van der Waals surface area contributed by atoms with E-state index in [0.29, 0.717) is 5.76 Å². The lowest BCUT2D eigenvalue weighted by atomic mass is 10.1. The molecule has 2 atom stereocenters. The van der Waals surface area contributed by atoms with E-state index in [-0.39, 0.29) is 23.4 Å². The van der Waals surface area contributed by atoms with Crippen LogP contribution in [0.15, 0.2) is 41.0 Å². The maximum absolute atomic E-state index is 12.3. The summed E-state index contributed by atoms with van der Waals surface area (Å²) < 4.78 is 5.08. The molecule has 0 radical (unpaired) electrons. The van der Waals surface area contributed by atoms with Crippen LogP contribution >= 0.6 is 0 Å². The number of nitrogens with zero attached hydrogens (tertiary/aromatic N) is 1. The molecule has 0 saturated heterocycles. The molecule has 1 amide bonds. The van der Waals surface area contributed by atoms with Gasteiger partial charge in [0.15, 0.2) is 0 Å². The second-order valence-electron chi connectivity index (χ2n) is 5.14. The predicted molar refractivity (Wildman–Crippen MR) is 82.7 cm³/mol. The molecule has 2 aromatic rings. The van der Waals surface area contributed by atoms with Crippen LogP contribution in [0.5, 0.6) is 0 Å². The molecule has 2 rings (SSSR count). The van der Waals surface area contributed by atoms with Crippen LogP contribution < -0.4 is 11.1 Å². The van der Waals surface area contributed by atoms with Crippen LogP contribution in [0.25, 0.3) is 0 Å². The van der Waals surface area contributed by atoms with Crippen molar-refractivity contribution in [2.24, 2.45) is 0 Å². The summed E-state index contributed by atoms with van der Waals surface area (Å²) in [6, 6.07) is 6.88. The van der Waals surface area contributed by atoms with Crippen LogP contribution in [-0.2, 0) is 0 Å². The average Bonchev–Trinajstić information content (AvgIpc) is 3.00. The third kappa shape index (κ3) is 3.86. The average molecular weight is 319 g/mol. The summed E-state index contributed by atoms with van der Waals surface area (Å²) in [6.45, 7) is 1.68. The van der Waals surface area contributed by atoms with Gasteiger partial charge >= 0.3 is 0 Å². The van der Waals surface area contributed by atoms with Gasteiger partial charge < -0.3 is 20.6 Å². The highest BCUT2D eigenvalue weighted by molar-refractivity contribution is 6.03. The molecule has 0 aliphatic rings. The van der Waals surface area contributed by atoms with Crippen molar-refractivity contribution < 1.29 is 19.2 Å². The number of furan rings is 1. The Labute approximate surface area is 132 Å². The number of amides is 1. The summed E-state index contributed by atoms with van der Waals surface area (Å²) in [4.78, 5) is 22.6. The number of nitro groups is 1. The van der Waals surface area contributed by atoms with E-state index in [9.17, 15) is 20.0 Å². The SMILES string of the molecule is CC(CC(O)c1ccco1)NC(=O)c1c(N)cccc1[N+](=O)[O-]. The Balaban J connectivity index is 2.09. The summed E-state index contributed by atoms with van der Waals surface area (Å²) in [5.41, 5.74) is 5.16. The van der Waals surface area contributed by atoms with Crippen LogP contribution in [0.3, 0.4) is 0 Å². The second kappa shape index (κ2) is 6.93. The van der Waals surface area contributed by atoms with E-state index < -0.39 is 23.0 Å². The van der Waals surface area contributed by atoms with Gasteiger partial charge in [0, 0.05) is 18.5 Å². The molecule has 0 aliphatic carbocycles. The Hall–Kier alpha value is -2.87. The molecule has 0 saturated carbocycles. The van der Waals surface area contributed by atoms with Gasteiger partial charge in [-0.15, -0.1) is 0 Å². The number of hydrogen-bond acceptors (Lipinski definition) is 6. The Morgan fingerprint density at radius 2 is 2.17 bits per heavy atom. The molecule has 0 fully saturated rings. The molecular formula is C15H17N3O5. The number of nitrogens with two attached hydrogens (primary N) is 1. The minimum absolute atomic E-state index is 0.0236. The van der Waals surface area contributed by atoms with E-state index in [1.54, 1.807) is 19.1 Å². The molecule has 0 aliphatic heterocycles. The third-order valence-electron chi connectivity index (χ3n) is 3.32. The minimum Gasteiger partial charge on any atom is -0.467 e. The van der Waals surface area contributed by atoms with Gasteiger partial charge in [-0.1, -0.05) is 6.07 Å². The van der Waals surface area contributed by atoms with E-state index in [0.717, 1.165) is 0 Å². The first-order chi connectivity index (χ1) is 10.9. The van der Waals surface area contributed by atoms with Gasteiger partial charge in [0.05, 0.1) is 16.9 Å². The van der Waals surface area contributed by atoms with Crippen LogP contribution in [0.1, 0.15) is 35.6 Å². The zero-order valence-corrected chi connectivity index (χ0v) is 12.4. The molecule has 2 unspecified atom stereocenters. The monoisotopic (exact) mass is 319 g/mol. The van der Waals surface area contributed by atoms with Crippen molar-refractivity contribution in [3.05, 3.63) is 58.0 Å². The second-order valence-corrected chi connectivity index (χ2v) is 5.14. The maximum atomic E-state index is 12.3. The lowest BCUT2D eigenvalue weighted by molar-refractivity contribution is -0.385. The fourth-order valence-corrected chi connectivity index (χ4v) is 2.24. The number of nitrogen functional groups attached to an aromatic ring is 1. The molecule has 1 aromatic carbocycles. The van der Waals surface area contributed by atoms with Crippen molar-refractivity contribution in [2.45, 2.75) is 25.5 Å². The van der Waals surface area contributed by atoms with E-state index in [1.807, 2.05) is 0 Å². The number of aliphatic hydroxyl groups is 1. The van der Waals surface area contributed by atoms with Crippen LogP contribution in [0.2, 0.25) is 0 Å². The van der Waals surface area contributed by atoms with Crippen molar-refractivity contribution in [2.75, 3.05) is 5.73 Å². The van der Waals surface area contributed by atoms with Gasteiger partial charge in [0.25, 0.3) is 11.6 Å². The molecular weight excluding hydrogens is 302 g/mol. The van der Waals surface area contributed by atoms with Gasteiger partial charge in [-0.2, -0.15) is 0 Å². The van der Waals surface area contributed by atoms with Crippen molar-refractivity contribution in [1.29, 1.82) is 0 Å². The number of nitro benzene ring substituents is 1. The quantitative estimate of drug-likeness (QED) is 0.424. The Kier molecular flexibility index (Phi) is 4.97. The van der Waals surface area contributed by atoms with Crippen molar-refractivity contribution in [1.82, 2.24) is 5.32 Å². The number of carbonyl (C=O) groups is 1. The highest BCUT2D eigenvalue weighted by atomic mass is 16.6. The Bertz CT molecular complexity index is 699.